The first-order chi connectivity index (χ1) is 7.70. The van der Waals surface area contributed by atoms with Crippen molar-refractivity contribution < 1.29 is 4.79 Å². The summed E-state index contributed by atoms with van der Waals surface area (Å²) >= 11 is 7.24. The number of hydrogen-bond donors (Lipinski definition) is 0. The van der Waals surface area contributed by atoms with Crippen LogP contribution in [0.3, 0.4) is 0 Å². The van der Waals surface area contributed by atoms with E-state index in [1.54, 1.807) is 29.1 Å². The number of halogens is 1. The largest absolute Gasteiger partial charge is 0.311 e. The lowest BCUT2D eigenvalue weighted by molar-refractivity contribution is 0.112. The molecule has 0 aliphatic carbocycles. The highest BCUT2D eigenvalue weighted by molar-refractivity contribution is 7.99. The lowest BCUT2D eigenvalue weighted by Gasteiger charge is -2.03. The van der Waals surface area contributed by atoms with Crippen molar-refractivity contribution in [2.24, 2.45) is 7.05 Å². The number of carbonyl (C=O) groups is 1. The van der Waals surface area contributed by atoms with Gasteiger partial charge in [0.1, 0.15) is 6.33 Å². The number of rotatable bonds is 3. The van der Waals surface area contributed by atoms with E-state index in [4.69, 9.17) is 11.6 Å². The van der Waals surface area contributed by atoms with Crippen LogP contribution >= 0.6 is 23.4 Å². The van der Waals surface area contributed by atoms with E-state index < -0.39 is 0 Å². The Morgan fingerprint density at radius 2 is 2.31 bits per heavy atom. The first-order valence-corrected chi connectivity index (χ1v) is 5.66. The molecule has 4 nitrogen and oxygen atoms in total. The molecule has 1 aromatic carbocycles. The molecule has 0 bridgehead atoms. The fourth-order valence-electron chi connectivity index (χ4n) is 1.16. The van der Waals surface area contributed by atoms with E-state index >= 15 is 0 Å². The third-order valence-corrected chi connectivity index (χ3v) is 3.33. The molecule has 0 aliphatic heterocycles. The Balaban J connectivity index is 2.37. The zero-order chi connectivity index (χ0) is 11.5. The van der Waals surface area contributed by atoms with Gasteiger partial charge in [-0.25, -0.2) is 0 Å². The number of nitrogens with zero attached hydrogens (tertiary/aromatic N) is 3. The summed E-state index contributed by atoms with van der Waals surface area (Å²) in [7, 11) is 1.84. The molecule has 0 atom stereocenters. The number of aromatic nitrogens is 3. The summed E-state index contributed by atoms with van der Waals surface area (Å²) in [6.45, 7) is 0. The second-order valence-electron chi connectivity index (χ2n) is 3.13. The molecule has 82 valence electrons. The van der Waals surface area contributed by atoms with Crippen molar-refractivity contribution >= 4 is 29.6 Å². The van der Waals surface area contributed by atoms with Crippen LogP contribution in [0.1, 0.15) is 10.4 Å². The van der Waals surface area contributed by atoms with E-state index in [0.717, 1.165) is 11.2 Å². The van der Waals surface area contributed by atoms with E-state index in [1.165, 1.54) is 11.8 Å². The van der Waals surface area contributed by atoms with Gasteiger partial charge in [-0.3, -0.25) is 4.79 Å². The van der Waals surface area contributed by atoms with Crippen molar-refractivity contribution in [3.8, 4) is 0 Å². The summed E-state index contributed by atoms with van der Waals surface area (Å²) in [5, 5.41) is 9.01. The summed E-state index contributed by atoms with van der Waals surface area (Å²) < 4.78 is 1.78. The minimum Gasteiger partial charge on any atom is -0.311 e. The van der Waals surface area contributed by atoms with Crippen molar-refractivity contribution in [2.75, 3.05) is 0 Å². The Kier molecular flexibility index (Phi) is 3.26. The van der Waals surface area contributed by atoms with Crippen LogP contribution < -0.4 is 0 Å². The molecule has 0 aliphatic rings. The molecular formula is C10H8ClN3OS. The molecule has 0 spiro atoms. The van der Waals surface area contributed by atoms with Gasteiger partial charge in [-0.2, -0.15) is 0 Å². The zero-order valence-electron chi connectivity index (χ0n) is 8.42. The second-order valence-corrected chi connectivity index (χ2v) is 4.57. The maximum Gasteiger partial charge on any atom is 0.195 e. The predicted octanol–water partition coefficient (Wildman–Crippen LogP) is 2.43. The Morgan fingerprint density at radius 3 is 2.94 bits per heavy atom. The van der Waals surface area contributed by atoms with Gasteiger partial charge in [0, 0.05) is 22.5 Å². The van der Waals surface area contributed by atoms with Crippen LogP contribution in [-0.2, 0) is 7.05 Å². The summed E-state index contributed by atoms with van der Waals surface area (Å²) in [5.74, 6) is 0. The first-order valence-electron chi connectivity index (χ1n) is 4.47. The van der Waals surface area contributed by atoms with Crippen LogP contribution in [0, 0.1) is 0 Å². The van der Waals surface area contributed by atoms with Gasteiger partial charge in [0.05, 0.1) is 0 Å². The van der Waals surface area contributed by atoms with Crippen molar-refractivity contribution in [3.63, 3.8) is 0 Å². The van der Waals surface area contributed by atoms with Crippen molar-refractivity contribution in [2.45, 2.75) is 10.1 Å². The highest BCUT2D eigenvalue weighted by atomic mass is 35.5. The molecule has 1 heterocycles. The maximum absolute atomic E-state index is 10.9. The highest BCUT2D eigenvalue weighted by Gasteiger charge is 2.08. The van der Waals surface area contributed by atoms with E-state index in [2.05, 4.69) is 10.2 Å². The number of benzene rings is 1. The van der Waals surface area contributed by atoms with Crippen LogP contribution in [0.25, 0.3) is 0 Å². The third kappa shape index (κ3) is 2.25. The Morgan fingerprint density at radius 1 is 1.50 bits per heavy atom. The van der Waals surface area contributed by atoms with Gasteiger partial charge in [-0.15, -0.1) is 10.2 Å². The van der Waals surface area contributed by atoms with Gasteiger partial charge < -0.3 is 4.57 Å². The highest BCUT2D eigenvalue weighted by Crippen LogP contribution is 2.30. The fourth-order valence-corrected chi connectivity index (χ4v) is 2.29. The minimum atomic E-state index is 0.593. The molecule has 0 radical (unpaired) electrons. The number of hydrogen-bond acceptors (Lipinski definition) is 4. The average Bonchev–Trinajstić information content (AvgIpc) is 2.65. The first kappa shape index (κ1) is 11.2. The Bertz CT molecular complexity index is 527. The van der Waals surface area contributed by atoms with Crippen LogP contribution in [0.15, 0.2) is 34.6 Å². The Labute approximate surface area is 102 Å². The van der Waals surface area contributed by atoms with E-state index in [9.17, 15) is 4.79 Å². The maximum atomic E-state index is 10.9. The second kappa shape index (κ2) is 4.67. The SMILES string of the molecule is Cn1cnnc1Sc1cc(Cl)ccc1C=O. The quantitative estimate of drug-likeness (QED) is 0.789. The van der Waals surface area contributed by atoms with Gasteiger partial charge >= 0.3 is 0 Å². The summed E-state index contributed by atoms with van der Waals surface area (Å²) in [4.78, 5) is 11.6. The number of aldehydes is 1. The molecule has 6 heteroatoms. The van der Waals surface area contributed by atoms with Gasteiger partial charge in [0.2, 0.25) is 0 Å². The minimum absolute atomic E-state index is 0.593. The summed E-state index contributed by atoms with van der Waals surface area (Å²) in [5.41, 5.74) is 0.595. The molecule has 16 heavy (non-hydrogen) atoms. The molecule has 2 aromatic rings. The lowest BCUT2D eigenvalue weighted by Crippen LogP contribution is -1.91. The van der Waals surface area contributed by atoms with Gasteiger partial charge in [-0.1, -0.05) is 11.6 Å². The molecule has 2 rings (SSSR count). The van der Waals surface area contributed by atoms with Crippen molar-refractivity contribution in [1.82, 2.24) is 14.8 Å². The third-order valence-electron chi connectivity index (χ3n) is 1.97. The topological polar surface area (TPSA) is 47.8 Å². The lowest BCUT2D eigenvalue weighted by atomic mass is 10.2. The van der Waals surface area contributed by atoms with Gasteiger partial charge in [0.25, 0.3) is 0 Å². The molecule has 0 unspecified atom stereocenters. The molecule has 1 aromatic heterocycles. The molecule has 0 saturated carbocycles. The summed E-state index contributed by atoms with van der Waals surface area (Å²) in [6, 6.07) is 5.12. The summed E-state index contributed by atoms with van der Waals surface area (Å²) in [6.07, 6.45) is 2.41. The van der Waals surface area contributed by atoms with E-state index in [0.29, 0.717) is 15.7 Å². The van der Waals surface area contributed by atoms with Crippen LogP contribution in [0.4, 0.5) is 0 Å². The van der Waals surface area contributed by atoms with E-state index in [1.807, 2.05) is 7.05 Å². The normalized spacial score (nSPS) is 10.4. The smallest absolute Gasteiger partial charge is 0.195 e. The van der Waals surface area contributed by atoms with Crippen molar-refractivity contribution in [3.05, 3.63) is 35.1 Å². The molecule has 0 fully saturated rings. The molecule has 0 saturated heterocycles. The van der Waals surface area contributed by atoms with Crippen LogP contribution in [0.2, 0.25) is 5.02 Å². The van der Waals surface area contributed by atoms with Crippen LogP contribution in [-0.4, -0.2) is 21.1 Å². The monoisotopic (exact) mass is 253 g/mol. The molecular weight excluding hydrogens is 246 g/mol. The standard InChI is InChI=1S/C10H8ClN3OS/c1-14-6-12-13-10(14)16-9-4-8(11)3-2-7(9)5-15/h2-6H,1H3. The molecule has 0 N–H and O–H groups in total. The van der Waals surface area contributed by atoms with Crippen molar-refractivity contribution in [1.29, 1.82) is 0 Å². The van der Waals surface area contributed by atoms with Gasteiger partial charge in [-0.05, 0) is 30.0 Å². The van der Waals surface area contributed by atoms with Crippen LogP contribution in [0.5, 0.6) is 0 Å². The number of carbonyl (C=O) groups excluding carboxylic acids is 1. The average molecular weight is 254 g/mol. The molecule has 0 amide bonds. The predicted molar refractivity (Wildman–Crippen MR) is 62.0 cm³/mol. The Hall–Kier alpha value is -1.33. The number of aryl methyl sites for hydroxylation is 1. The van der Waals surface area contributed by atoms with E-state index in [-0.39, 0.29) is 0 Å². The zero-order valence-corrected chi connectivity index (χ0v) is 10.00. The fraction of sp³-hybridized carbons (Fsp3) is 0.100. The van der Waals surface area contributed by atoms with Gasteiger partial charge in [0.15, 0.2) is 11.4 Å².